The fraction of sp³-hybridized carbons (Fsp3) is 0.188. The van der Waals surface area contributed by atoms with Gasteiger partial charge in [-0.25, -0.2) is 0 Å². The highest BCUT2D eigenvalue weighted by atomic mass is 79.9. The Hall–Kier alpha value is -1.81. The molecule has 0 atom stereocenters. The minimum absolute atomic E-state index is 0.0790. The second-order valence-corrected chi connectivity index (χ2v) is 5.45. The number of halogens is 1. The summed E-state index contributed by atoms with van der Waals surface area (Å²) in [5, 5.41) is 0. The predicted molar refractivity (Wildman–Crippen MR) is 86.7 cm³/mol. The minimum atomic E-state index is 0.0790. The summed E-state index contributed by atoms with van der Waals surface area (Å²) in [7, 11) is 0. The first kappa shape index (κ1) is 14.6. The lowest BCUT2D eigenvalue weighted by Crippen LogP contribution is -2.31. The molecule has 0 aliphatic carbocycles. The van der Waals surface area contributed by atoms with E-state index in [1.165, 1.54) is 0 Å². The number of nitrogens with two attached hydrogens (primary N) is 1. The van der Waals surface area contributed by atoms with Crippen LogP contribution >= 0.6 is 15.9 Å². The monoisotopic (exact) mass is 332 g/mol. The maximum Gasteiger partial charge on any atom is 0.231 e. The smallest absolute Gasteiger partial charge is 0.231 e. The van der Waals surface area contributed by atoms with Gasteiger partial charge in [0.15, 0.2) is 0 Å². The first-order valence-corrected chi connectivity index (χ1v) is 7.30. The molecular formula is C16H17BrN2O. The van der Waals surface area contributed by atoms with Gasteiger partial charge < -0.3 is 10.6 Å². The van der Waals surface area contributed by atoms with Crippen LogP contribution in [0.15, 0.2) is 53.0 Å². The molecule has 2 rings (SSSR count). The first-order valence-electron chi connectivity index (χ1n) is 6.50. The van der Waals surface area contributed by atoms with Crippen molar-refractivity contribution < 1.29 is 4.79 Å². The van der Waals surface area contributed by atoms with Gasteiger partial charge in [-0.3, -0.25) is 4.79 Å². The number of likely N-dealkylation sites (N-methyl/N-ethyl adjacent to an activating group) is 1. The lowest BCUT2D eigenvalue weighted by molar-refractivity contribution is -0.117. The van der Waals surface area contributed by atoms with Crippen LogP contribution in [-0.4, -0.2) is 12.5 Å². The van der Waals surface area contributed by atoms with Gasteiger partial charge in [0.05, 0.1) is 6.42 Å². The van der Waals surface area contributed by atoms with Gasteiger partial charge in [0.1, 0.15) is 0 Å². The Morgan fingerprint density at radius 2 is 1.90 bits per heavy atom. The highest BCUT2D eigenvalue weighted by Gasteiger charge is 2.14. The van der Waals surface area contributed by atoms with Crippen LogP contribution < -0.4 is 10.6 Å². The van der Waals surface area contributed by atoms with Crippen molar-refractivity contribution in [1.82, 2.24) is 0 Å². The van der Waals surface area contributed by atoms with E-state index in [9.17, 15) is 4.79 Å². The van der Waals surface area contributed by atoms with E-state index in [4.69, 9.17) is 5.73 Å². The zero-order valence-electron chi connectivity index (χ0n) is 11.3. The summed E-state index contributed by atoms with van der Waals surface area (Å²) in [5.74, 6) is 0.0790. The standard InChI is InChI=1S/C16H17BrN2O/c1-2-19(15-8-6-14(18)7-9-15)16(20)11-12-4-3-5-13(17)10-12/h3-10H,2,11,18H2,1H3. The molecule has 0 aliphatic heterocycles. The SMILES string of the molecule is CCN(C(=O)Cc1cccc(Br)c1)c1ccc(N)cc1. The Balaban J connectivity index is 2.15. The third kappa shape index (κ3) is 3.61. The number of hydrogen-bond acceptors (Lipinski definition) is 2. The van der Waals surface area contributed by atoms with Crippen LogP contribution in [0.2, 0.25) is 0 Å². The summed E-state index contributed by atoms with van der Waals surface area (Å²) in [6, 6.07) is 15.2. The van der Waals surface area contributed by atoms with E-state index in [-0.39, 0.29) is 5.91 Å². The largest absolute Gasteiger partial charge is 0.399 e. The van der Waals surface area contributed by atoms with Gasteiger partial charge in [-0.05, 0) is 48.9 Å². The van der Waals surface area contributed by atoms with Crippen LogP contribution in [0.25, 0.3) is 0 Å². The summed E-state index contributed by atoms with van der Waals surface area (Å²) in [5.41, 5.74) is 8.25. The van der Waals surface area contributed by atoms with Crippen molar-refractivity contribution in [2.75, 3.05) is 17.2 Å². The Morgan fingerprint density at radius 1 is 1.20 bits per heavy atom. The highest BCUT2D eigenvalue weighted by molar-refractivity contribution is 9.10. The van der Waals surface area contributed by atoms with Gasteiger partial charge >= 0.3 is 0 Å². The van der Waals surface area contributed by atoms with E-state index in [0.29, 0.717) is 18.7 Å². The molecule has 0 unspecified atom stereocenters. The van der Waals surface area contributed by atoms with Crippen molar-refractivity contribution in [2.24, 2.45) is 0 Å². The number of nitrogens with zero attached hydrogens (tertiary/aromatic N) is 1. The Morgan fingerprint density at radius 3 is 2.50 bits per heavy atom. The normalized spacial score (nSPS) is 10.3. The maximum atomic E-state index is 12.4. The average molecular weight is 333 g/mol. The van der Waals surface area contributed by atoms with Crippen LogP contribution in [0, 0.1) is 0 Å². The molecule has 2 aromatic carbocycles. The van der Waals surface area contributed by atoms with Crippen LogP contribution in [0.3, 0.4) is 0 Å². The number of anilines is 2. The number of rotatable bonds is 4. The van der Waals surface area contributed by atoms with Gasteiger partial charge in [-0.15, -0.1) is 0 Å². The Bertz CT molecular complexity index is 596. The second-order valence-electron chi connectivity index (χ2n) is 4.54. The average Bonchev–Trinajstić information content (AvgIpc) is 2.42. The van der Waals surface area contributed by atoms with E-state index in [1.54, 1.807) is 4.90 Å². The van der Waals surface area contributed by atoms with Crippen molar-refractivity contribution in [2.45, 2.75) is 13.3 Å². The van der Waals surface area contributed by atoms with Crippen LogP contribution in [0.1, 0.15) is 12.5 Å². The van der Waals surface area contributed by atoms with Crippen LogP contribution in [0.5, 0.6) is 0 Å². The summed E-state index contributed by atoms with van der Waals surface area (Å²) in [6.45, 7) is 2.60. The molecule has 4 heteroatoms. The molecule has 0 aromatic heterocycles. The fourth-order valence-electron chi connectivity index (χ4n) is 2.07. The second kappa shape index (κ2) is 6.57. The molecule has 2 aromatic rings. The lowest BCUT2D eigenvalue weighted by Gasteiger charge is -2.21. The van der Waals surface area contributed by atoms with Gasteiger partial charge in [-0.2, -0.15) is 0 Å². The molecule has 0 saturated heterocycles. The van der Waals surface area contributed by atoms with Gasteiger partial charge in [0, 0.05) is 22.4 Å². The maximum absolute atomic E-state index is 12.4. The van der Waals surface area contributed by atoms with Gasteiger partial charge in [-0.1, -0.05) is 28.1 Å². The Labute approximate surface area is 127 Å². The van der Waals surface area contributed by atoms with Gasteiger partial charge in [0.2, 0.25) is 5.91 Å². The molecule has 0 aliphatic rings. The predicted octanol–water partition coefficient (Wildman–Crippen LogP) is 3.63. The van der Waals surface area contributed by atoms with E-state index in [1.807, 2.05) is 55.5 Å². The molecule has 2 N–H and O–H groups in total. The Kier molecular flexibility index (Phi) is 4.79. The quantitative estimate of drug-likeness (QED) is 0.869. The summed E-state index contributed by atoms with van der Waals surface area (Å²) < 4.78 is 0.985. The van der Waals surface area contributed by atoms with E-state index in [2.05, 4.69) is 15.9 Å². The number of benzene rings is 2. The molecule has 1 amide bonds. The van der Waals surface area contributed by atoms with E-state index in [0.717, 1.165) is 15.7 Å². The van der Waals surface area contributed by atoms with Crippen molar-refractivity contribution >= 4 is 33.2 Å². The molecule has 20 heavy (non-hydrogen) atoms. The minimum Gasteiger partial charge on any atom is -0.399 e. The van der Waals surface area contributed by atoms with Gasteiger partial charge in [0.25, 0.3) is 0 Å². The highest BCUT2D eigenvalue weighted by Crippen LogP contribution is 2.18. The fourth-order valence-corrected chi connectivity index (χ4v) is 2.52. The zero-order valence-corrected chi connectivity index (χ0v) is 12.9. The van der Waals surface area contributed by atoms with E-state index < -0.39 is 0 Å². The van der Waals surface area contributed by atoms with Crippen molar-refractivity contribution in [3.8, 4) is 0 Å². The summed E-state index contributed by atoms with van der Waals surface area (Å²) >= 11 is 3.42. The van der Waals surface area contributed by atoms with Crippen LogP contribution in [-0.2, 0) is 11.2 Å². The summed E-state index contributed by atoms with van der Waals surface area (Å²) in [6.07, 6.45) is 0.387. The number of hydrogen-bond donors (Lipinski definition) is 1. The first-order chi connectivity index (χ1) is 9.60. The molecule has 0 heterocycles. The molecule has 104 valence electrons. The number of carbonyl (C=O) groups excluding carboxylic acids is 1. The van der Waals surface area contributed by atoms with Crippen molar-refractivity contribution in [3.63, 3.8) is 0 Å². The molecule has 3 nitrogen and oxygen atoms in total. The third-order valence-corrected chi connectivity index (χ3v) is 3.56. The van der Waals surface area contributed by atoms with E-state index >= 15 is 0 Å². The molecule has 0 radical (unpaired) electrons. The van der Waals surface area contributed by atoms with Crippen molar-refractivity contribution in [3.05, 3.63) is 58.6 Å². The molecular weight excluding hydrogens is 316 g/mol. The number of carbonyl (C=O) groups is 1. The topological polar surface area (TPSA) is 46.3 Å². The third-order valence-electron chi connectivity index (χ3n) is 3.07. The zero-order chi connectivity index (χ0) is 14.5. The molecule has 0 fully saturated rings. The number of nitrogen functional groups attached to an aromatic ring is 1. The van der Waals surface area contributed by atoms with Crippen molar-refractivity contribution in [1.29, 1.82) is 0 Å². The van der Waals surface area contributed by atoms with Crippen LogP contribution in [0.4, 0.5) is 11.4 Å². The lowest BCUT2D eigenvalue weighted by atomic mass is 10.1. The molecule has 0 saturated carbocycles. The number of amides is 1. The molecule has 0 spiro atoms. The summed E-state index contributed by atoms with van der Waals surface area (Å²) in [4.78, 5) is 14.2. The molecule has 0 bridgehead atoms.